The Kier molecular flexibility index (Phi) is 6.72. The van der Waals surface area contributed by atoms with Gasteiger partial charge in [0.05, 0.1) is 11.4 Å². The van der Waals surface area contributed by atoms with Gasteiger partial charge in [-0.2, -0.15) is 0 Å². The summed E-state index contributed by atoms with van der Waals surface area (Å²) in [6, 6.07) is 19.6. The van der Waals surface area contributed by atoms with Crippen LogP contribution >= 0.6 is 0 Å². The van der Waals surface area contributed by atoms with Crippen molar-refractivity contribution in [3.05, 3.63) is 72.3 Å². The van der Waals surface area contributed by atoms with Crippen LogP contribution in [0.2, 0.25) is 0 Å². The summed E-state index contributed by atoms with van der Waals surface area (Å²) < 4.78 is 31.0. The Morgan fingerprint density at radius 1 is 0.967 bits per heavy atom. The van der Waals surface area contributed by atoms with Gasteiger partial charge in [0.15, 0.2) is 0 Å². The van der Waals surface area contributed by atoms with Crippen molar-refractivity contribution < 1.29 is 17.9 Å². The molecule has 0 bridgehead atoms. The predicted molar refractivity (Wildman–Crippen MR) is 117 cm³/mol. The Bertz CT molecular complexity index is 1200. The van der Waals surface area contributed by atoms with Crippen molar-refractivity contribution in [3.63, 3.8) is 0 Å². The molecule has 0 fully saturated rings. The van der Waals surface area contributed by atoms with Gasteiger partial charge in [-0.1, -0.05) is 48.2 Å². The van der Waals surface area contributed by atoms with Gasteiger partial charge in [-0.15, -0.1) is 0 Å². The van der Waals surface area contributed by atoms with Crippen molar-refractivity contribution >= 4 is 26.7 Å². The van der Waals surface area contributed by atoms with Gasteiger partial charge in [-0.3, -0.25) is 4.79 Å². The van der Waals surface area contributed by atoms with E-state index in [9.17, 15) is 13.2 Å². The van der Waals surface area contributed by atoms with Gasteiger partial charge in [-0.05, 0) is 35.7 Å². The molecule has 6 nitrogen and oxygen atoms in total. The molecule has 0 radical (unpaired) electrons. The van der Waals surface area contributed by atoms with Crippen LogP contribution in [-0.4, -0.2) is 45.9 Å². The van der Waals surface area contributed by atoms with Gasteiger partial charge in [0.25, 0.3) is 5.91 Å². The summed E-state index contributed by atoms with van der Waals surface area (Å²) in [6.07, 6.45) is 0. The Balaban J connectivity index is 1.51. The number of hydrogen-bond acceptors (Lipinski definition) is 4. The number of sulfonamides is 1. The molecule has 0 atom stereocenters. The molecule has 0 aromatic heterocycles. The first-order valence-electron chi connectivity index (χ1n) is 9.26. The Hall–Kier alpha value is -3.34. The minimum absolute atomic E-state index is 0.134. The molecule has 7 heteroatoms. The molecule has 3 aromatic carbocycles. The van der Waals surface area contributed by atoms with Crippen molar-refractivity contribution in [3.8, 4) is 17.6 Å². The Labute approximate surface area is 176 Å². The van der Waals surface area contributed by atoms with E-state index < -0.39 is 10.0 Å². The number of rotatable bonds is 6. The lowest BCUT2D eigenvalue weighted by molar-refractivity contribution is 0.0958. The second-order valence-electron chi connectivity index (χ2n) is 6.61. The normalized spacial score (nSPS) is 11.0. The van der Waals surface area contributed by atoms with Gasteiger partial charge in [0, 0.05) is 25.0 Å². The van der Waals surface area contributed by atoms with Crippen LogP contribution in [-0.2, 0) is 10.0 Å². The Morgan fingerprint density at radius 2 is 1.67 bits per heavy atom. The molecule has 0 aliphatic carbocycles. The highest BCUT2D eigenvalue weighted by atomic mass is 32.2. The van der Waals surface area contributed by atoms with E-state index in [-0.39, 0.29) is 24.0 Å². The Morgan fingerprint density at radius 3 is 2.40 bits per heavy atom. The molecule has 1 N–H and O–H groups in total. The number of hydrogen-bond donors (Lipinski definition) is 1. The summed E-state index contributed by atoms with van der Waals surface area (Å²) in [7, 11) is -0.604. The van der Waals surface area contributed by atoms with Crippen molar-refractivity contribution in [2.24, 2.45) is 0 Å². The highest BCUT2D eigenvalue weighted by Gasteiger charge is 2.17. The lowest BCUT2D eigenvalue weighted by Gasteiger charge is -2.11. The zero-order chi connectivity index (χ0) is 21.6. The van der Waals surface area contributed by atoms with E-state index >= 15 is 0 Å². The minimum Gasteiger partial charge on any atom is -0.480 e. The van der Waals surface area contributed by atoms with Crippen LogP contribution in [0.15, 0.2) is 71.6 Å². The zero-order valence-corrected chi connectivity index (χ0v) is 17.6. The fraction of sp³-hybridized carbons (Fsp3) is 0.174. The maximum atomic E-state index is 12.2. The lowest BCUT2D eigenvalue weighted by atomic mass is 10.1. The van der Waals surface area contributed by atoms with Crippen LogP contribution in [0.1, 0.15) is 10.4 Å². The van der Waals surface area contributed by atoms with Gasteiger partial charge in [-0.25, -0.2) is 12.7 Å². The first-order valence-corrected chi connectivity index (χ1v) is 10.7. The molecule has 0 heterocycles. The second kappa shape index (κ2) is 9.44. The van der Waals surface area contributed by atoms with Crippen LogP contribution in [0, 0.1) is 11.8 Å². The highest BCUT2D eigenvalue weighted by molar-refractivity contribution is 7.89. The zero-order valence-electron chi connectivity index (χ0n) is 16.8. The molecule has 0 aliphatic rings. The number of nitrogens with zero attached hydrogens (tertiary/aromatic N) is 1. The molecule has 3 aromatic rings. The molecule has 0 unspecified atom stereocenters. The first-order chi connectivity index (χ1) is 14.4. The summed E-state index contributed by atoms with van der Waals surface area (Å²) in [5.41, 5.74) is 0.363. The number of amides is 1. The summed E-state index contributed by atoms with van der Waals surface area (Å²) in [6.45, 7) is 0.371. The highest BCUT2D eigenvalue weighted by Crippen LogP contribution is 2.24. The van der Waals surface area contributed by atoms with Crippen LogP contribution in [0.3, 0.4) is 0 Å². The van der Waals surface area contributed by atoms with E-state index in [2.05, 4.69) is 17.2 Å². The van der Waals surface area contributed by atoms with Crippen molar-refractivity contribution in [1.29, 1.82) is 0 Å². The fourth-order valence-corrected chi connectivity index (χ4v) is 3.67. The maximum absolute atomic E-state index is 12.2. The minimum atomic E-state index is -3.52. The molecule has 0 saturated carbocycles. The van der Waals surface area contributed by atoms with E-state index in [0.29, 0.717) is 5.56 Å². The average molecular weight is 423 g/mol. The summed E-state index contributed by atoms with van der Waals surface area (Å²) in [5.74, 6) is 6.16. The summed E-state index contributed by atoms with van der Waals surface area (Å²) in [4.78, 5) is 12.3. The van der Waals surface area contributed by atoms with Crippen LogP contribution < -0.4 is 10.1 Å². The smallest absolute Gasteiger partial charge is 0.252 e. The average Bonchev–Trinajstić information content (AvgIpc) is 2.76. The van der Waals surface area contributed by atoms with E-state index in [1.807, 2.05) is 42.5 Å². The van der Waals surface area contributed by atoms with Crippen molar-refractivity contribution in [2.75, 3.05) is 27.2 Å². The summed E-state index contributed by atoms with van der Waals surface area (Å²) in [5, 5.41) is 4.80. The molecule has 1 amide bonds. The van der Waals surface area contributed by atoms with Crippen LogP contribution in [0.4, 0.5) is 0 Å². The number of fused-ring (bicyclic) bond motifs is 1. The molecule has 30 heavy (non-hydrogen) atoms. The SMILES string of the molecule is CN(C)S(=O)(=O)c1ccc(C(=O)NCC#CCOc2cccc3ccccc23)cc1. The summed E-state index contributed by atoms with van der Waals surface area (Å²) >= 11 is 0. The lowest BCUT2D eigenvalue weighted by Crippen LogP contribution is -2.24. The maximum Gasteiger partial charge on any atom is 0.252 e. The van der Waals surface area contributed by atoms with Crippen molar-refractivity contribution in [2.45, 2.75) is 4.90 Å². The van der Waals surface area contributed by atoms with E-state index in [1.54, 1.807) is 0 Å². The van der Waals surface area contributed by atoms with Gasteiger partial charge in [0.2, 0.25) is 10.0 Å². The standard InChI is InChI=1S/C23H22N2O4S/c1-25(2)30(27,28)20-14-12-19(13-15-20)23(26)24-16-5-6-17-29-22-11-7-9-18-8-3-4-10-21(18)22/h3-4,7-15H,16-17H2,1-2H3,(H,24,26). The molecular formula is C23H22N2O4S. The molecule has 154 valence electrons. The molecular weight excluding hydrogens is 400 g/mol. The van der Waals surface area contributed by atoms with E-state index in [1.165, 1.54) is 38.4 Å². The number of benzene rings is 3. The third-order valence-corrected chi connectivity index (χ3v) is 6.24. The number of ether oxygens (including phenoxy) is 1. The number of carbonyl (C=O) groups excluding carboxylic acids is 1. The molecule has 0 spiro atoms. The largest absolute Gasteiger partial charge is 0.480 e. The first kappa shape index (κ1) is 21.4. The third kappa shape index (κ3) is 4.98. The van der Waals surface area contributed by atoms with Gasteiger partial charge >= 0.3 is 0 Å². The number of carbonyl (C=O) groups is 1. The van der Waals surface area contributed by atoms with Gasteiger partial charge < -0.3 is 10.1 Å². The van der Waals surface area contributed by atoms with Crippen molar-refractivity contribution in [1.82, 2.24) is 9.62 Å². The van der Waals surface area contributed by atoms with Crippen LogP contribution in [0.25, 0.3) is 10.8 Å². The monoisotopic (exact) mass is 422 g/mol. The topological polar surface area (TPSA) is 75.7 Å². The quantitative estimate of drug-likeness (QED) is 0.620. The van der Waals surface area contributed by atoms with Gasteiger partial charge in [0.1, 0.15) is 12.4 Å². The molecule has 0 saturated heterocycles. The number of nitrogens with one attached hydrogen (secondary N) is 1. The third-order valence-electron chi connectivity index (χ3n) is 4.41. The predicted octanol–water partition coefficient (Wildman–Crippen LogP) is 2.90. The van der Waals surface area contributed by atoms with E-state index in [4.69, 9.17) is 4.74 Å². The van der Waals surface area contributed by atoms with E-state index in [0.717, 1.165) is 20.8 Å². The fourth-order valence-electron chi connectivity index (χ4n) is 2.76. The van der Waals surface area contributed by atoms with Crippen LogP contribution in [0.5, 0.6) is 5.75 Å². The molecule has 3 rings (SSSR count). The molecule has 0 aliphatic heterocycles. The second-order valence-corrected chi connectivity index (χ2v) is 8.77.